The van der Waals surface area contributed by atoms with Crippen LogP contribution in [0.5, 0.6) is 0 Å². The molecular formula is C14H32N2. The first-order chi connectivity index (χ1) is 7.63. The zero-order valence-electron chi connectivity index (χ0n) is 12.1. The number of rotatable bonds is 10. The average Bonchev–Trinajstić information content (AvgIpc) is 2.28. The van der Waals surface area contributed by atoms with Crippen molar-refractivity contribution in [1.29, 1.82) is 0 Å². The van der Waals surface area contributed by atoms with E-state index in [9.17, 15) is 0 Å². The van der Waals surface area contributed by atoms with Crippen LogP contribution in [0.4, 0.5) is 0 Å². The Hall–Kier alpha value is -0.0800. The fourth-order valence-electron chi connectivity index (χ4n) is 2.18. The van der Waals surface area contributed by atoms with Crippen LogP contribution >= 0.6 is 0 Å². The minimum Gasteiger partial charge on any atom is -0.317 e. The number of hydrogen-bond acceptors (Lipinski definition) is 2. The molecule has 0 radical (unpaired) electrons. The van der Waals surface area contributed by atoms with Gasteiger partial charge in [0.1, 0.15) is 0 Å². The summed E-state index contributed by atoms with van der Waals surface area (Å²) in [5, 5.41) is 3.47. The second-order valence-corrected chi connectivity index (χ2v) is 5.23. The van der Waals surface area contributed by atoms with Crippen molar-refractivity contribution in [3.63, 3.8) is 0 Å². The van der Waals surface area contributed by atoms with Gasteiger partial charge in [0.25, 0.3) is 0 Å². The molecule has 0 fully saturated rings. The lowest BCUT2D eigenvalue weighted by Crippen LogP contribution is -2.31. The Morgan fingerprint density at radius 1 is 1.12 bits per heavy atom. The molecule has 0 aromatic carbocycles. The normalized spacial score (nSPS) is 15.4. The molecule has 98 valence electrons. The Labute approximate surface area is 103 Å². The summed E-state index contributed by atoms with van der Waals surface area (Å²) in [5.74, 6) is 0.916. The topological polar surface area (TPSA) is 15.3 Å². The van der Waals surface area contributed by atoms with E-state index in [1.165, 1.54) is 45.1 Å². The molecule has 0 heterocycles. The van der Waals surface area contributed by atoms with Crippen LogP contribution in [-0.4, -0.2) is 38.6 Å². The Morgan fingerprint density at radius 2 is 1.81 bits per heavy atom. The summed E-state index contributed by atoms with van der Waals surface area (Å²) < 4.78 is 0. The van der Waals surface area contributed by atoms with Gasteiger partial charge in [-0.2, -0.15) is 0 Å². The van der Waals surface area contributed by atoms with Crippen LogP contribution in [0.2, 0.25) is 0 Å². The molecule has 0 aromatic heterocycles. The molecule has 0 rings (SSSR count). The predicted molar refractivity (Wildman–Crippen MR) is 73.9 cm³/mol. The van der Waals surface area contributed by atoms with Gasteiger partial charge < -0.3 is 10.2 Å². The lowest BCUT2D eigenvalue weighted by molar-refractivity contribution is 0.312. The van der Waals surface area contributed by atoms with Crippen LogP contribution < -0.4 is 5.32 Å². The van der Waals surface area contributed by atoms with E-state index < -0.39 is 0 Å². The monoisotopic (exact) mass is 228 g/mol. The molecule has 0 aliphatic heterocycles. The minimum atomic E-state index is 0.698. The first kappa shape index (κ1) is 15.9. The fourth-order valence-corrected chi connectivity index (χ4v) is 2.18. The van der Waals surface area contributed by atoms with Crippen LogP contribution in [0, 0.1) is 5.92 Å². The predicted octanol–water partition coefficient (Wildman–Crippen LogP) is 3.13. The van der Waals surface area contributed by atoms with E-state index in [0.29, 0.717) is 6.04 Å². The lowest BCUT2D eigenvalue weighted by Gasteiger charge is -2.23. The highest BCUT2D eigenvalue weighted by Gasteiger charge is 2.13. The van der Waals surface area contributed by atoms with Gasteiger partial charge in [-0.1, -0.05) is 39.5 Å². The number of unbranched alkanes of at least 4 members (excludes halogenated alkanes) is 1. The molecule has 16 heavy (non-hydrogen) atoms. The SMILES string of the molecule is CCCCC(CC)CC(CCN(C)C)NC. The second-order valence-electron chi connectivity index (χ2n) is 5.23. The minimum absolute atomic E-state index is 0.698. The molecule has 2 heteroatoms. The van der Waals surface area contributed by atoms with E-state index in [1.54, 1.807) is 0 Å². The quantitative estimate of drug-likeness (QED) is 0.618. The van der Waals surface area contributed by atoms with Crippen molar-refractivity contribution in [3.8, 4) is 0 Å². The van der Waals surface area contributed by atoms with Crippen molar-refractivity contribution < 1.29 is 0 Å². The molecule has 0 amide bonds. The van der Waals surface area contributed by atoms with Gasteiger partial charge in [-0.3, -0.25) is 0 Å². The molecule has 2 atom stereocenters. The highest BCUT2D eigenvalue weighted by atomic mass is 15.1. The van der Waals surface area contributed by atoms with Crippen molar-refractivity contribution in [1.82, 2.24) is 10.2 Å². The number of nitrogens with zero attached hydrogens (tertiary/aromatic N) is 1. The van der Waals surface area contributed by atoms with Crippen molar-refractivity contribution in [2.75, 3.05) is 27.7 Å². The van der Waals surface area contributed by atoms with Gasteiger partial charge in [0.05, 0.1) is 0 Å². The smallest absolute Gasteiger partial charge is 0.00788 e. The molecule has 0 spiro atoms. The van der Waals surface area contributed by atoms with Gasteiger partial charge in [0.2, 0.25) is 0 Å². The van der Waals surface area contributed by atoms with E-state index in [2.05, 4.69) is 45.2 Å². The maximum atomic E-state index is 3.47. The van der Waals surface area contributed by atoms with Gasteiger partial charge in [-0.25, -0.2) is 0 Å². The maximum absolute atomic E-state index is 3.47. The molecular weight excluding hydrogens is 196 g/mol. The molecule has 0 bridgehead atoms. The Bertz CT molecular complexity index is 146. The summed E-state index contributed by atoms with van der Waals surface area (Å²) in [7, 11) is 6.41. The Kier molecular flexibility index (Phi) is 10.0. The third-order valence-corrected chi connectivity index (χ3v) is 3.49. The van der Waals surface area contributed by atoms with E-state index in [1.807, 2.05) is 0 Å². The lowest BCUT2D eigenvalue weighted by atomic mass is 9.91. The largest absolute Gasteiger partial charge is 0.317 e. The van der Waals surface area contributed by atoms with E-state index >= 15 is 0 Å². The van der Waals surface area contributed by atoms with E-state index in [0.717, 1.165) is 5.92 Å². The van der Waals surface area contributed by atoms with Crippen molar-refractivity contribution in [3.05, 3.63) is 0 Å². The average molecular weight is 228 g/mol. The molecule has 0 saturated heterocycles. The van der Waals surface area contributed by atoms with Crippen molar-refractivity contribution in [2.45, 2.75) is 58.4 Å². The standard InChI is InChI=1S/C14H32N2/c1-6-8-9-13(7-2)12-14(15-3)10-11-16(4)5/h13-15H,6-12H2,1-5H3. The molecule has 1 N–H and O–H groups in total. The van der Waals surface area contributed by atoms with E-state index in [-0.39, 0.29) is 0 Å². The first-order valence-corrected chi connectivity index (χ1v) is 6.95. The summed E-state index contributed by atoms with van der Waals surface area (Å²) in [6.45, 7) is 5.81. The zero-order valence-corrected chi connectivity index (χ0v) is 12.1. The van der Waals surface area contributed by atoms with E-state index in [4.69, 9.17) is 0 Å². The Morgan fingerprint density at radius 3 is 2.25 bits per heavy atom. The fraction of sp³-hybridized carbons (Fsp3) is 1.00. The van der Waals surface area contributed by atoms with Crippen LogP contribution in [0.3, 0.4) is 0 Å². The number of nitrogens with one attached hydrogen (secondary N) is 1. The summed E-state index contributed by atoms with van der Waals surface area (Å²) in [5.41, 5.74) is 0. The number of hydrogen-bond donors (Lipinski definition) is 1. The van der Waals surface area contributed by atoms with Gasteiger partial charge in [-0.05, 0) is 46.4 Å². The van der Waals surface area contributed by atoms with Crippen LogP contribution in [-0.2, 0) is 0 Å². The molecule has 0 saturated carbocycles. The zero-order chi connectivity index (χ0) is 12.4. The molecule has 2 unspecified atom stereocenters. The summed E-state index contributed by atoms with van der Waals surface area (Å²) in [6.07, 6.45) is 8.08. The van der Waals surface area contributed by atoms with Gasteiger partial charge in [0.15, 0.2) is 0 Å². The van der Waals surface area contributed by atoms with Crippen LogP contribution in [0.1, 0.15) is 52.4 Å². The van der Waals surface area contributed by atoms with Crippen molar-refractivity contribution in [2.24, 2.45) is 5.92 Å². The third kappa shape index (κ3) is 8.12. The molecule has 2 nitrogen and oxygen atoms in total. The van der Waals surface area contributed by atoms with Crippen LogP contribution in [0.25, 0.3) is 0 Å². The first-order valence-electron chi connectivity index (χ1n) is 6.95. The van der Waals surface area contributed by atoms with Gasteiger partial charge in [0, 0.05) is 6.04 Å². The highest BCUT2D eigenvalue weighted by Crippen LogP contribution is 2.19. The maximum Gasteiger partial charge on any atom is 0.00788 e. The highest BCUT2D eigenvalue weighted by molar-refractivity contribution is 4.71. The van der Waals surface area contributed by atoms with Crippen molar-refractivity contribution >= 4 is 0 Å². The Balaban J connectivity index is 3.86. The molecule has 0 aliphatic rings. The summed E-state index contributed by atoms with van der Waals surface area (Å²) >= 11 is 0. The second kappa shape index (κ2) is 10.1. The van der Waals surface area contributed by atoms with Gasteiger partial charge in [-0.15, -0.1) is 0 Å². The molecule has 0 aliphatic carbocycles. The summed E-state index contributed by atoms with van der Waals surface area (Å²) in [4.78, 5) is 2.28. The van der Waals surface area contributed by atoms with Crippen LogP contribution in [0.15, 0.2) is 0 Å². The van der Waals surface area contributed by atoms with Gasteiger partial charge >= 0.3 is 0 Å². The molecule has 0 aromatic rings. The third-order valence-electron chi connectivity index (χ3n) is 3.49. The summed E-state index contributed by atoms with van der Waals surface area (Å²) in [6, 6.07) is 0.698.